The van der Waals surface area contributed by atoms with Crippen molar-refractivity contribution in [3.63, 3.8) is 0 Å². The molecule has 0 N–H and O–H groups in total. The van der Waals surface area contributed by atoms with Crippen molar-refractivity contribution in [3.05, 3.63) is 109 Å². The highest BCUT2D eigenvalue weighted by molar-refractivity contribution is 5.94. The zero-order valence-electron chi connectivity index (χ0n) is 16.2. The first kappa shape index (κ1) is 16.9. The van der Waals surface area contributed by atoms with Crippen LogP contribution >= 0.6 is 0 Å². The van der Waals surface area contributed by atoms with Gasteiger partial charge in [-0.15, -0.1) is 0 Å². The van der Waals surface area contributed by atoms with Crippen LogP contribution in [0.25, 0.3) is 55.7 Å². The fourth-order valence-corrected chi connectivity index (χ4v) is 4.09. The van der Waals surface area contributed by atoms with Crippen LogP contribution in [0.5, 0.6) is 0 Å². The third-order valence-electron chi connectivity index (χ3n) is 5.53. The van der Waals surface area contributed by atoms with E-state index in [2.05, 4.69) is 72.8 Å². The summed E-state index contributed by atoms with van der Waals surface area (Å²) in [5, 5.41) is 2.21. The molecule has 2 heteroatoms. The van der Waals surface area contributed by atoms with Crippen molar-refractivity contribution in [2.24, 2.45) is 0 Å². The van der Waals surface area contributed by atoms with E-state index in [1.165, 1.54) is 0 Å². The van der Waals surface area contributed by atoms with Gasteiger partial charge in [-0.1, -0.05) is 84.9 Å². The van der Waals surface area contributed by atoms with Crippen LogP contribution in [0, 0.1) is 0 Å². The molecule has 2 aromatic heterocycles. The molecule has 2 nitrogen and oxygen atoms in total. The van der Waals surface area contributed by atoms with Crippen molar-refractivity contribution >= 4 is 21.9 Å². The fraction of sp³-hybridized carbons (Fsp3) is 0. The zero-order valence-corrected chi connectivity index (χ0v) is 16.2. The SMILES string of the molecule is c1ccc(-c2ccccc2-c2cc3ccccc3o2)c(-c2cc3ccccc3o2)c1. The number of rotatable bonds is 3. The molecule has 0 spiro atoms. The molecule has 0 bridgehead atoms. The van der Waals surface area contributed by atoms with Gasteiger partial charge in [0.25, 0.3) is 0 Å². The number of hydrogen-bond donors (Lipinski definition) is 0. The van der Waals surface area contributed by atoms with Crippen LogP contribution in [0.4, 0.5) is 0 Å². The molecule has 6 aromatic rings. The van der Waals surface area contributed by atoms with Crippen LogP contribution in [0.2, 0.25) is 0 Å². The second-order valence-electron chi connectivity index (χ2n) is 7.39. The van der Waals surface area contributed by atoms with Gasteiger partial charge < -0.3 is 8.83 Å². The van der Waals surface area contributed by atoms with Crippen molar-refractivity contribution in [1.82, 2.24) is 0 Å². The lowest BCUT2D eigenvalue weighted by Crippen LogP contribution is -1.87. The lowest BCUT2D eigenvalue weighted by atomic mass is 9.93. The Morgan fingerprint density at radius 1 is 0.367 bits per heavy atom. The molecule has 0 atom stereocenters. The second-order valence-corrected chi connectivity index (χ2v) is 7.39. The first-order valence-corrected chi connectivity index (χ1v) is 10.0. The summed E-state index contributed by atoms with van der Waals surface area (Å²) >= 11 is 0. The lowest BCUT2D eigenvalue weighted by molar-refractivity contribution is 0.630. The van der Waals surface area contributed by atoms with Gasteiger partial charge in [-0.3, -0.25) is 0 Å². The van der Waals surface area contributed by atoms with Crippen LogP contribution < -0.4 is 0 Å². The van der Waals surface area contributed by atoms with Crippen LogP contribution in [0.1, 0.15) is 0 Å². The molecule has 0 radical (unpaired) electrons. The van der Waals surface area contributed by atoms with E-state index >= 15 is 0 Å². The van der Waals surface area contributed by atoms with E-state index in [0.717, 1.165) is 55.7 Å². The molecule has 0 aliphatic rings. The van der Waals surface area contributed by atoms with E-state index < -0.39 is 0 Å². The normalized spacial score (nSPS) is 11.3. The van der Waals surface area contributed by atoms with Gasteiger partial charge in [-0.05, 0) is 35.4 Å². The predicted molar refractivity (Wildman–Crippen MR) is 122 cm³/mol. The van der Waals surface area contributed by atoms with E-state index in [9.17, 15) is 0 Å². The third-order valence-corrected chi connectivity index (χ3v) is 5.53. The van der Waals surface area contributed by atoms with Crippen LogP contribution in [0.15, 0.2) is 118 Å². The van der Waals surface area contributed by atoms with Crippen molar-refractivity contribution in [2.75, 3.05) is 0 Å². The van der Waals surface area contributed by atoms with Gasteiger partial charge in [0.2, 0.25) is 0 Å². The molecule has 0 saturated carbocycles. The predicted octanol–water partition coefficient (Wildman–Crippen LogP) is 8.18. The molecular weight excluding hydrogens is 368 g/mol. The van der Waals surface area contributed by atoms with Gasteiger partial charge in [0.15, 0.2) is 0 Å². The smallest absolute Gasteiger partial charge is 0.136 e. The van der Waals surface area contributed by atoms with Gasteiger partial charge in [-0.25, -0.2) is 0 Å². The lowest BCUT2D eigenvalue weighted by Gasteiger charge is -2.11. The van der Waals surface area contributed by atoms with E-state index in [1.807, 2.05) is 36.4 Å². The molecule has 0 unspecified atom stereocenters. The monoisotopic (exact) mass is 386 g/mol. The Labute approximate surface area is 174 Å². The highest BCUT2D eigenvalue weighted by Crippen LogP contribution is 2.40. The van der Waals surface area contributed by atoms with E-state index in [0.29, 0.717) is 0 Å². The Balaban J connectivity index is 1.56. The summed E-state index contributed by atoms with van der Waals surface area (Å²) in [6.45, 7) is 0. The molecule has 4 aromatic carbocycles. The van der Waals surface area contributed by atoms with Crippen LogP contribution in [0.3, 0.4) is 0 Å². The zero-order chi connectivity index (χ0) is 19.9. The molecule has 30 heavy (non-hydrogen) atoms. The standard InChI is InChI=1S/C28H18O2/c1-7-15-25-19(9-1)17-27(29-25)23-13-5-3-11-21(23)22-12-4-6-14-24(22)28-18-20-10-2-8-16-26(20)30-28/h1-18H. The van der Waals surface area contributed by atoms with Gasteiger partial charge in [0.1, 0.15) is 22.7 Å². The molecule has 0 saturated heterocycles. The number of furan rings is 2. The first-order valence-electron chi connectivity index (χ1n) is 10.0. The summed E-state index contributed by atoms with van der Waals surface area (Å²) in [4.78, 5) is 0. The molecular formula is C28H18O2. The van der Waals surface area contributed by atoms with Gasteiger partial charge >= 0.3 is 0 Å². The highest BCUT2D eigenvalue weighted by Gasteiger charge is 2.16. The Hall–Kier alpha value is -4.04. The van der Waals surface area contributed by atoms with Gasteiger partial charge in [0, 0.05) is 21.9 Å². The van der Waals surface area contributed by atoms with E-state index in [-0.39, 0.29) is 0 Å². The van der Waals surface area contributed by atoms with E-state index in [1.54, 1.807) is 0 Å². The van der Waals surface area contributed by atoms with Crippen molar-refractivity contribution in [3.8, 4) is 33.8 Å². The average Bonchev–Trinajstić information content (AvgIpc) is 3.43. The molecule has 0 aliphatic heterocycles. The summed E-state index contributed by atoms with van der Waals surface area (Å²) < 4.78 is 12.4. The molecule has 2 heterocycles. The Kier molecular flexibility index (Phi) is 3.82. The largest absolute Gasteiger partial charge is 0.456 e. The molecule has 0 aliphatic carbocycles. The van der Waals surface area contributed by atoms with Gasteiger partial charge in [0.05, 0.1) is 0 Å². The van der Waals surface area contributed by atoms with Gasteiger partial charge in [-0.2, -0.15) is 0 Å². The summed E-state index contributed by atoms with van der Waals surface area (Å²) in [5.41, 5.74) is 6.16. The maximum atomic E-state index is 6.19. The Morgan fingerprint density at radius 2 is 0.733 bits per heavy atom. The number of hydrogen-bond acceptors (Lipinski definition) is 2. The van der Waals surface area contributed by atoms with Crippen LogP contribution in [-0.4, -0.2) is 0 Å². The minimum Gasteiger partial charge on any atom is -0.456 e. The minimum absolute atomic E-state index is 0.867. The molecule has 142 valence electrons. The maximum absolute atomic E-state index is 6.19. The molecule has 0 fully saturated rings. The maximum Gasteiger partial charge on any atom is 0.136 e. The van der Waals surface area contributed by atoms with Crippen molar-refractivity contribution < 1.29 is 8.83 Å². The first-order chi connectivity index (χ1) is 14.9. The van der Waals surface area contributed by atoms with Crippen molar-refractivity contribution in [1.29, 1.82) is 0 Å². The quantitative estimate of drug-likeness (QED) is 0.306. The second kappa shape index (κ2) is 6.78. The Bertz CT molecular complexity index is 1320. The minimum atomic E-state index is 0.867. The third kappa shape index (κ3) is 2.73. The Morgan fingerprint density at radius 3 is 1.17 bits per heavy atom. The van der Waals surface area contributed by atoms with Crippen LogP contribution in [-0.2, 0) is 0 Å². The van der Waals surface area contributed by atoms with E-state index in [4.69, 9.17) is 8.83 Å². The summed E-state index contributed by atoms with van der Waals surface area (Å²) in [7, 11) is 0. The molecule has 6 rings (SSSR count). The average molecular weight is 386 g/mol. The number of para-hydroxylation sites is 2. The molecule has 0 amide bonds. The summed E-state index contributed by atoms with van der Waals surface area (Å²) in [5.74, 6) is 1.73. The number of benzene rings is 4. The summed E-state index contributed by atoms with van der Waals surface area (Å²) in [6.07, 6.45) is 0. The topological polar surface area (TPSA) is 26.3 Å². The highest BCUT2D eigenvalue weighted by atomic mass is 16.3. The number of fused-ring (bicyclic) bond motifs is 2. The fourth-order valence-electron chi connectivity index (χ4n) is 4.09. The van der Waals surface area contributed by atoms with Crippen molar-refractivity contribution in [2.45, 2.75) is 0 Å². The summed E-state index contributed by atoms with van der Waals surface area (Å²) in [6, 6.07) is 37.2.